The van der Waals surface area contributed by atoms with Gasteiger partial charge in [0.2, 0.25) is 0 Å². The summed E-state index contributed by atoms with van der Waals surface area (Å²) < 4.78 is 2.10. The van der Waals surface area contributed by atoms with Gasteiger partial charge in [-0.1, -0.05) is 23.2 Å². The van der Waals surface area contributed by atoms with E-state index in [1.54, 1.807) is 19.4 Å². The fraction of sp³-hybridized carbons (Fsp3) is 0.357. The van der Waals surface area contributed by atoms with Crippen molar-refractivity contribution in [2.45, 2.75) is 0 Å². The van der Waals surface area contributed by atoms with Crippen LogP contribution in [0.15, 0.2) is 27.7 Å². The van der Waals surface area contributed by atoms with Crippen LogP contribution in [0.4, 0.5) is 11.5 Å². The quantitative estimate of drug-likeness (QED) is 0.750. The van der Waals surface area contributed by atoms with Crippen molar-refractivity contribution in [3.05, 3.63) is 43.3 Å². The lowest BCUT2D eigenvalue weighted by Gasteiger charge is -2.37. The average Bonchev–Trinajstić information content (AvgIpc) is 2.53. The van der Waals surface area contributed by atoms with E-state index in [0.29, 0.717) is 10.7 Å². The lowest BCUT2D eigenvalue weighted by atomic mass is 10.2. The van der Waals surface area contributed by atoms with Gasteiger partial charge < -0.3 is 9.80 Å². The van der Waals surface area contributed by atoms with Crippen molar-refractivity contribution >= 4 is 50.6 Å². The first kappa shape index (κ1) is 16.5. The van der Waals surface area contributed by atoms with E-state index in [9.17, 15) is 4.79 Å². The normalized spacial score (nSPS) is 15.1. The van der Waals surface area contributed by atoms with E-state index in [2.05, 4.69) is 35.8 Å². The van der Waals surface area contributed by atoms with Crippen LogP contribution in [-0.4, -0.2) is 40.9 Å². The van der Waals surface area contributed by atoms with Crippen LogP contribution in [-0.2, 0) is 7.05 Å². The van der Waals surface area contributed by atoms with Gasteiger partial charge in [-0.15, -0.1) is 0 Å². The Kier molecular flexibility index (Phi) is 4.79. The van der Waals surface area contributed by atoms with Crippen LogP contribution >= 0.6 is 39.1 Å². The van der Waals surface area contributed by atoms with E-state index in [-0.39, 0.29) is 10.6 Å². The first-order valence-electron chi connectivity index (χ1n) is 7.00. The molecule has 0 aliphatic carbocycles. The van der Waals surface area contributed by atoms with Crippen molar-refractivity contribution in [2.75, 3.05) is 36.0 Å². The number of halogens is 3. The first-order chi connectivity index (χ1) is 11.0. The van der Waals surface area contributed by atoms with Crippen molar-refractivity contribution in [1.82, 2.24) is 14.8 Å². The molecule has 9 heteroatoms. The zero-order valence-electron chi connectivity index (χ0n) is 12.3. The Bertz CT molecular complexity index is 789. The van der Waals surface area contributed by atoms with Crippen LogP contribution in [0.2, 0.25) is 10.0 Å². The van der Waals surface area contributed by atoms with Gasteiger partial charge in [-0.3, -0.25) is 4.79 Å². The topological polar surface area (TPSA) is 54.3 Å². The Hall–Kier alpha value is -1.31. The molecule has 3 heterocycles. The minimum absolute atomic E-state index is 0.210. The average molecular weight is 419 g/mol. The summed E-state index contributed by atoms with van der Waals surface area (Å²) in [5, 5.41) is 4.85. The number of aromatic nitrogens is 3. The van der Waals surface area contributed by atoms with Gasteiger partial charge in [-0.05, 0) is 22.0 Å². The van der Waals surface area contributed by atoms with Gasteiger partial charge in [-0.25, -0.2) is 9.67 Å². The summed E-state index contributed by atoms with van der Waals surface area (Å²) in [6, 6.07) is 1.83. The Morgan fingerprint density at radius 2 is 1.78 bits per heavy atom. The number of hydrogen-bond donors (Lipinski definition) is 0. The van der Waals surface area contributed by atoms with E-state index >= 15 is 0 Å². The smallest absolute Gasteiger partial charge is 0.287 e. The minimum atomic E-state index is -0.284. The van der Waals surface area contributed by atoms with Crippen LogP contribution in [0, 0.1) is 0 Å². The van der Waals surface area contributed by atoms with Gasteiger partial charge in [0.15, 0.2) is 0 Å². The van der Waals surface area contributed by atoms with Gasteiger partial charge in [0.05, 0.1) is 21.4 Å². The maximum atomic E-state index is 11.9. The Balaban J connectivity index is 1.76. The summed E-state index contributed by atoms with van der Waals surface area (Å²) in [6.45, 7) is 2.98. The molecule has 1 saturated heterocycles. The summed E-state index contributed by atoms with van der Waals surface area (Å²) >= 11 is 15.6. The fourth-order valence-corrected chi connectivity index (χ4v) is 3.70. The molecule has 2 aromatic heterocycles. The Morgan fingerprint density at radius 3 is 2.43 bits per heavy atom. The molecule has 1 aliphatic rings. The Labute approximate surface area is 151 Å². The SMILES string of the molecule is Cn1ncc(N2CCN(c3ncc(Cl)cc3Br)CC2)c(Cl)c1=O. The van der Waals surface area contributed by atoms with Crippen LogP contribution in [0.5, 0.6) is 0 Å². The number of hydrogen-bond acceptors (Lipinski definition) is 5. The molecule has 0 spiro atoms. The molecule has 1 fully saturated rings. The number of aryl methyl sites for hydroxylation is 1. The molecule has 0 N–H and O–H groups in total. The van der Waals surface area contributed by atoms with Crippen LogP contribution in [0.1, 0.15) is 0 Å². The van der Waals surface area contributed by atoms with Gasteiger partial charge in [0.25, 0.3) is 5.56 Å². The second-order valence-corrected chi connectivity index (χ2v) is 6.87. The molecule has 0 unspecified atom stereocenters. The van der Waals surface area contributed by atoms with E-state index < -0.39 is 0 Å². The number of nitrogens with zero attached hydrogens (tertiary/aromatic N) is 5. The maximum absolute atomic E-state index is 11.9. The second-order valence-electron chi connectivity index (χ2n) is 5.21. The molecule has 0 aromatic carbocycles. The molecule has 0 saturated carbocycles. The lowest BCUT2D eigenvalue weighted by molar-refractivity contribution is 0.637. The van der Waals surface area contributed by atoms with E-state index in [1.165, 1.54) is 4.68 Å². The van der Waals surface area contributed by atoms with Gasteiger partial charge in [0, 0.05) is 39.4 Å². The van der Waals surface area contributed by atoms with Crippen molar-refractivity contribution < 1.29 is 0 Å². The van der Waals surface area contributed by atoms with Crippen LogP contribution in [0.3, 0.4) is 0 Å². The molecule has 3 rings (SSSR count). The standard InChI is InChI=1S/C14H14BrCl2N5O/c1-20-14(23)12(17)11(8-19-20)21-2-4-22(5-3-21)13-10(15)6-9(16)7-18-13/h6-8H,2-5H2,1H3. The summed E-state index contributed by atoms with van der Waals surface area (Å²) in [4.78, 5) is 20.5. The van der Waals surface area contributed by atoms with E-state index in [0.717, 1.165) is 36.5 Å². The van der Waals surface area contributed by atoms with Gasteiger partial charge in [0.1, 0.15) is 10.8 Å². The van der Waals surface area contributed by atoms with Crippen molar-refractivity contribution in [2.24, 2.45) is 7.05 Å². The molecule has 2 aromatic rings. The zero-order chi connectivity index (χ0) is 16.6. The monoisotopic (exact) mass is 417 g/mol. The van der Waals surface area contributed by atoms with E-state index in [4.69, 9.17) is 23.2 Å². The van der Waals surface area contributed by atoms with Gasteiger partial charge in [-0.2, -0.15) is 5.10 Å². The molecule has 0 radical (unpaired) electrons. The highest BCUT2D eigenvalue weighted by molar-refractivity contribution is 9.10. The number of piperazine rings is 1. The molecule has 0 atom stereocenters. The summed E-state index contributed by atoms with van der Waals surface area (Å²) in [5.41, 5.74) is 0.395. The second kappa shape index (κ2) is 6.67. The van der Waals surface area contributed by atoms with Crippen molar-refractivity contribution in [3.8, 4) is 0 Å². The number of rotatable bonds is 2. The third kappa shape index (κ3) is 3.32. The largest absolute Gasteiger partial charge is 0.365 e. The first-order valence-corrected chi connectivity index (χ1v) is 8.55. The molecule has 0 amide bonds. The van der Waals surface area contributed by atoms with Gasteiger partial charge >= 0.3 is 0 Å². The third-order valence-electron chi connectivity index (χ3n) is 3.77. The molecular weight excluding hydrogens is 405 g/mol. The molecule has 6 nitrogen and oxygen atoms in total. The number of anilines is 2. The summed E-state index contributed by atoms with van der Waals surface area (Å²) in [7, 11) is 1.58. The molecule has 0 bridgehead atoms. The highest BCUT2D eigenvalue weighted by Crippen LogP contribution is 2.28. The van der Waals surface area contributed by atoms with Crippen molar-refractivity contribution in [3.63, 3.8) is 0 Å². The van der Waals surface area contributed by atoms with E-state index in [1.807, 2.05) is 6.07 Å². The Morgan fingerprint density at radius 1 is 1.13 bits per heavy atom. The number of pyridine rings is 1. The minimum Gasteiger partial charge on any atom is -0.365 e. The molecule has 122 valence electrons. The predicted octanol–water partition coefficient (Wildman–Crippen LogP) is 2.57. The lowest BCUT2D eigenvalue weighted by Crippen LogP contribution is -2.47. The summed E-state index contributed by atoms with van der Waals surface area (Å²) in [5.74, 6) is 0.863. The van der Waals surface area contributed by atoms with Crippen molar-refractivity contribution in [1.29, 1.82) is 0 Å². The highest BCUT2D eigenvalue weighted by Gasteiger charge is 2.22. The van der Waals surface area contributed by atoms with Crippen LogP contribution in [0.25, 0.3) is 0 Å². The summed E-state index contributed by atoms with van der Waals surface area (Å²) in [6.07, 6.45) is 3.27. The molecular formula is C14H14BrCl2N5O. The highest BCUT2D eigenvalue weighted by atomic mass is 79.9. The third-order valence-corrected chi connectivity index (χ3v) is 4.91. The maximum Gasteiger partial charge on any atom is 0.287 e. The zero-order valence-corrected chi connectivity index (χ0v) is 15.4. The molecule has 1 aliphatic heterocycles. The molecule has 23 heavy (non-hydrogen) atoms. The predicted molar refractivity (Wildman–Crippen MR) is 95.9 cm³/mol. The van der Waals surface area contributed by atoms with Crippen LogP contribution < -0.4 is 15.4 Å². The fourth-order valence-electron chi connectivity index (χ4n) is 2.52.